The molecule has 6 heteroatoms. The summed E-state index contributed by atoms with van der Waals surface area (Å²) in [6.07, 6.45) is 3.49. The number of carbonyl (C=O) groups excluding carboxylic acids is 1. The molecule has 0 saturated heterocycles. The summed E-state index contributed by atoms with van der Waals surface area (Å²) in [5.74, 6) is -2.45. The summed E-state index contributed by atoms with van der Waals surface area (Å²) in [5, 5.41) is 1.15. The maximum absolute atomic E-state index is 13.1. The van der Waals surface area contributed by atoms with Gasteiger partial charge in [0, 0.05) is 33.2 Å². The van der Waals surface area contributed by atoms with E-state index in [2.05, 4.69) is 33.6 Å². The first-order valence-corrected chi connectivity index (χ1v) is 8.52. The van der Waals surface area contributed by atoms with Crippen molar-refractivity contribution in [2.24, 2.45) is 0 Å². The van der Waals surface area contributed by atoms with Crippen LogP contribution in [0.4, 0.5) is 8.78 Å². The number of hydrogen-bond acceptors (Lipinski definition) is 2. The Bertz CT molecular complexity index is 892. The van der Waals surface area contributed by atoms with Gasteiger partial charge < -0.3 is 9.72 Å². The zero-order valence-electron chi connectivity index (χ0n) is 12.6. The third-order valence-electron chi connectivity index (χ3n) is 3.68. The van der Waals surface area contributed by atoms with Crippen LogP contribution in [0.1, 0.15) is 18.4 Å². The van der Waals surface area contributed by atoms with Crippen molar-refractivity contribution < 1.29 is 18.3 Å². The van der Waals surface area contributed by atoms with Crippen LogP contribution in [-0.2, 0) is 11.2 Å². The minimum atomic E-state index is -1.03. The molecule has 0 aliphatic rings. The Balaban J connectivity index is 1.56. The lowest BCUT2D eigenvalue weighted by Crippen LogP contribution is -2.08. The fourth-order valence-corrected chi connectivity index (χ4v) is 2.99. The molecular weight excluding hydrogens is 427 g/mol. The second-order valence-corrected chi connectivity index (χ2v) is 6.65. The highest BCUT2D eigenvalue weighted by molar-refractivity contribution is 14.1. The van der Waals surface area contributed by atoms with Crippen LogP contribution < -0.4 is 4.74 Å². The molecule has 1 heterocycles. The van der Waals surface area contributed by atoms with Crippen LogP contribution in [0, 0.1) is 15.2 Å². The van der Waals surface area contributed by atoms with Crippen LogP contribution in [0.15, 0.2) is 42.6 Å². The van der Waals surface area contributed by atoms with E-state index >= 15 is 0 Å². The Morgan fingerprint density at radius 1 is 1.12 bits per heavy atom. The Morgan fingerprint density at radius 3 is 2.75 bits per heavy atom. The lowest BCUT2D eigenvalue weighted by molar-refractivity contribution is -0.134. The first-order chi connectivity index (χ1) is 11.5. The van der Waals surface area contributed by atoms with Gasteiger partial charge in [-0.05, 0) is 71.3 Å². The topological polar surface area (TPSA) is 42.1 Å². The predicted molar refractivity (Wildman–Crippen MR) is 95.9 cm³/mol. The van der Waals surface area contributed by atoms with Crippen molar-refractivity contribution in [3.05, 3.63) is 63.4 Å². The van der Waals surface area contributed by atoms with E-state index in [9.17, 15) is 13.6 Å². The van der Waals surface area contributed by atoms with Gasteiger partial charge in [-0.3, -0.25) is 4.79 Å². The molecule has 1 N–H and O–H groups in total. The SMILES string of the molecule is O=C(CCCc1c[nH]c2ccc(I)cc12)Oc1ccc(F)c(F)c1. The number of aromatic nitrogens is 1. The number of halogens is 3. The number of ether oxygens (including phenoxy) is 1. The van der Waals surface area contributed by atoms with Crippen molar-refractivity contribution in [3.8, 4) is 5.75 Å². The van der Waals surface area contributed by atoms with Gasteiger partial charge in [0.1, 0.15) is 5.75 Å². The van der Waals surface area contributed by atoms with Gasteiger partial charge in [0.25, 0.3) is 0 Å². The highest BCUT2D eigenvalue weighted by Gasteiger charge is 2.10. The molecule has 3 nitrogen and oxygen atoms in total. The molecule has 1 aromatic heterocycles. The van der Waals surface area contributed by atoms with Gasteiger partial charge in [-0.25, -0.2) is 8.78 Å². The summed E-state index contributed by atoms with van der Waals surface area (Å²) in [5.41, 5.74) is 2.21. The smallest absolute Gasteiger partial charge is 0.311 e. The third kappa shape index (κ3) is 3.92. The molecule has 0 fully saturated rings. The van der Waals surface area contributed by atoms with E-state index in [0.29, 0.717) is 6.42 Å². The number of H-pyrrole nitrogens is 1. The monoisotopic (exact) mass is 441 g/mol. The fourth-order valence-electron chi connectivity index (χ4n) is 2.50. The third-order valence-corrected chi connectivity index (χ3v) is 4.35. The first-order valence-electron chi connectivity index (χ1n) is 7.44. The lowest BCUT2D eigenvalue weighted by atomic mass is 10.1. The first kappa shape index (κ1) is 16.9. The molecule has 0 bridgehead atoms. The summed E-state index contributed by atoms with van der Waals surface area (Å²) >= 11 is 2.26. The van der Waals surface area contributed by atoms with Crippen LogP contribution >= 0.6 is 22.6 Å². The van der Waals surface area contributed by atoms with Gasteiger partial charge >= 0.3 is 5.97 Å². The van der Waals surface area contributed by atoms with Crippen LogP contribution in [0.25, 0.3) is 10.9 Å². The maximum atomic E-state index is 13.1. The Hall–Kier alpha value is -1.96. The predicted octanol–water partition coefficient (Wildman–Crippen LogP) is 4.98. The van der Waals surface area contributed by atoms with E-state index in [4.69, 9.17) is 4.74 Å². The molecule has 0 aliphatic heterocycles. The molecule has 0 atom stereocenters. The molecule has 3 aromatic rings. The molecule has 2 aromatic carbocycles. The number of nitrogens with one attached hydrogen (secondary N) is 1. The Morgan fingerprint density at radius 2 is 1.96 bits per heavy atom. The van der Waals surface area contributed by atoms with Gasteiger partial charge in [0.15, 0.2) is 11.6 Å². The van der Waals surface area contributed by atoms with Crippen LogP contribution in [0.3, 0.4) is 0 Å². The van der Waals surface area contributed by atoms with Gasteiger partial charge in [-0.1, -0.05) is 0 Å². The average molecular weight is 441 g/mol. The van der Waals surface area contributed by atoms with E-state index in [1.807, 2.05) is 18.3 Å². The van der Waals surface area contributed by atoms with Crippen molar-refractivity contribution >= 4 is 39.5 Å². The molecule has 3 rings (SSSR count). The van der Waals surface area contributed by atoms with E-state index < -0.39 is 17.6 Å². The van der Waals surface area contributed by atoms with Crippen molar-refractivity contribution in [2.45, 2.75) is 19.3 Å². The van der Waals surface area contributed by atoms with E-state index in [1.54, 1.807) is 0 Å². The molecular formula is C18H14F2INO2. The molecule has 0 radical (unpaired) electrons. The number of carbonyl (C=O) groups is 1. The van der Waals surface area contributed by atoms with E-state index in [1.165, 1.54) is 6.07 Å². The van der Waals surface area contributed by atoms with Crippen LogP contribution in [-0.4, -0.2) is 11.0 Å². The molecule has 0 saturated carbocycles. The Kier molecular flexibility index (Phi) is 5.13. The minimum absolute atomic E-state index is 0.0144. The fraction of sp³-hybridized carbons (Fsp3) is 0.167. The molecule has 0 aliphatic carbocycles. The van der Waals surface area contributed by atoms with Crippen LogP contribution in [0.2, 0.25) is 0 Å². The maximum Gasteiger partial charge on any atom is 0.311 e. The zero-order valence-corrected chi connectivity index (χ0v) is 14.8. The second-order valence-electron chi connectivity index (χ2n) is 5.41. The van der Waals surface area contributed by atoms with Crippen molar-refractivity contribution in [1.29, 1.82) is 0 Å². The molecule has 0 unspecified atom stereocenters. The van der Waals surface area contributed by atoms with Crippen LogP contribution in [0.5, 0.6) is 5.75 Å². The summed E-state index contributed by atoms with van der Waals surface area (Å²) in [4.78, 5) is 15.0. The number of aromatic amines is 1. The van der Waals surface area contributed by atoms with Crippen molar-refractivity contribution in [3.63, 3.8) is 0 Å². The largest absolute Gasteiger partial charge is 0.426 e. The lowest BCUT2D eigenvalue weighted by Gasteiger charge is -2.05. The highest BCUT2D eigenvalue weighted by Crippen LogP contribution is 2.22. The number of aryl methyl sites for hydroxylation is 1. The van der Waals surface area contributed by atoms with Gasteiger partial charge in [-0.2, -0.15) is 0 Å². The quantitative estimate of drug-likeness (QED) is 0.345. The number of fused-ring (bicyclic) bond motifs is 1. The van der Waals surface area contributed by atoms with E-state index in [0.717, 1.165) is 38.6 Å². The van der Waals surface area contributed by atoms with Gasteiger partial charge in [0.05, 0.1) is 0 Å². The number of hydrogen-bond donors (Lipinski definition) is 1. The average Bonchev–Trinajstić information content (AvgIpc) is 2.93. The molecule has 124 valence electrons. The summed E-state index contributed by atoms with van der Waals surface area (Å²) < 4.78 is 32.1. The van der Waals surface area contributed by atoms with Crippen molar-refractivity contribution in [1.82, 2.24) is 4.98 Å². The number of esters is 1. The highest BCUT2D eigenvalue weighted by atomic mass is 127. The molecule has 0 spiro atoms. The second kappa shape index (κ2) is 7.29. The van der Waals surface area contributed by atoms with Gasteiger partial charge in [0.2, 0.25) is 0 Å². The van der Waals surface area contributed by atoms with Crippen molar-refractivity contribution in [2.75, 3.05) is 0 Å². The standard InChI is InChI=1S/C18H14F2INO2/c19-15-6-5-13(9-16(15)20)24-18(23)3-1-2-11-10-22-17-7-4-12(21)8-14(11)17/h4-10,22H,1-3H2. The minimum Gasteiger partial charge on any atom is -0.426 e. The zero-order chi connectivity index (χ0) is 17.1. The summed E-state index contributed by atoms with van der Waals surface area (Å²) in [7, 11) is 0. The number of benzene rings is 2. The van der Waals surface area contributed by atoms with Gasteiger partial charge in [-0.15, -0.1) is 0 Å². The van der Waals surface area contributed by atoms with E-state index in [-0.39, 0.29) is 12.2 Å². The Labute approximate surface area is 151 Å². The summed E-state index contributed by atoms with van der Waals surface area (Å²) in [6.45, 7) is 0. The molecule has 24 heavy (non-hydrogen) atoms. The summed E-state index contributed by atoms with van der Waals surface area (Å²) in [6, 6.07) is 9.19. The normalized spacial score (nSPS) is 11.0. The molecule has 0 amide bonds. The number of rotatable bonds is 5.